The molecule has 2 aliphatic rings. The monoisotopic (exact) mass is 285 g/mol. The summed E-state index contributed by atoms with van der Waals surface area (Å²) >= 11 is 1.42. The Balaban J connectivity index is 1.73. The van der Waals surface area contributed by atoms with Crippen molar-refractivity contribution in [2.24, 2.45) is 0 Å². The Morgan fingerprint density at radius 1 is 1.42 bits per heavy atom. The van der Waals surface area contributed by atoms with Gasteiger partial charge in [-0.2, -0.15) is 4.37 Å². The highest BCUT2D eigenvalue weighted by atomic mass is 32.1. The molecule has 106 valence electrons. The van der Waals surface area contributed by atoms with Crippen LogP contribution < -0.4 is 4.90 Å². The zero-order valence-electron chi connectivity index (χ0n) is 11.3. The van der Waals surface area contributed by atoms with Gasteiger partial charge in [0.15, 0.2) is 11.6 Å². The molecule has 0 bridgehead atoms. The first-order valence-electron chi connectivity index (χ1n) is 6.62. The third-order valence-electron chi connectivity index (χ3n) is 3.65. The van der Waals surface area contributed by atoms with Crippen LogP contribution in [0.4, 0.5) is 5.13 Å². The van der Waals surface area contributed by atoms with Gasteiger partial charge in [0, 0.05) is 31.6 Å². The molecule has 3 heterocycles. The first-order chi connectivity index (χ1) is 9.22. The molecule has 0 aromatic carbocycles. The number of ether oxygens (including phenoxy) is 3. The number of nitrogens with zero attached hydrogens (tertiary/aromatic N) is 3. The van der Waals surface area contributed by atoms with Crippen molar-refractivity contribution in [3.8, 4) is 0 Å². The first kappa shape index (κ1) is 13.2. The fourth-order valence-corrected chi connectivity index (χ4v) is 3.28. The van der Waals surface area contributed by atoms with E-state index in [1.54, 1.807) is 7.11 Å². The van der Waals surface area contributed by atoms with Crippen LogP contribution in [0.15, 0.2) is 0 Å². The summed E-state index contributed by atoms with van der Waals surface area (Å²) in [5.74, 6) is 0.326. The maximum atomic E-state index is 5.78. The Bertz CT molecular complexity index is 434. The van der Waals surface area contributed by atoms with Crippen LogP contribution in [0.1, 0.15) is 31.7 Å². The van der Waals surface area contributed by atoms with Gasteiger partial charge in [-0.15, -0.1) is 0 Å². The number of aromatic nitrogens is 2. The number of anilines is 1. The molecule has 2 saturated heterocycles. The summed E-state index contributed by atoms with van der Waals surface area (Å²) in [5, 5.41) is 0.928. The Morgan fingerprint density at radius 3 is 2.95 bits per heavy atom. The molecule has 1 atom stereocenters. The second-order valence-corrected chi connectivity index (χ2v) is 5.68. The molecule has 2 aliphatic heterocycles. The molecule has 6 nitrogen and oxygen atoms in total. The Hall–Kier alpha value is -0.760. The number of methoxy groups -OCH3 is 1. The minimum absolute atomic E-state index is 0.0669. The van der Waals surface area contributed by atoms with Gasteiger partial charge in [-0.25, -0.2) is 4.98 Å². The van der Waals surface area contributed by atoms with Crippen LogP contribution in [-0.2, 0) is 14.2 Å². The number of hydrogen-bond donors (Lipinski definition) is 0. The Labute approximate surface area is 116 Å². The average Bonchev–Trinajstić information content (AvgIpc) is 3.08. The molecular weight excluding hydrogens is 266 g/mol. The van der Waals surface area contributed by atoms with E-state index in [2.05, 4.69) is 14.3 Å². The highest BCUT2D eigenvalue weighted by molar-refractivity contribution is 7.09. The summed E-state index contributed by atoms with van der Waals surface area (Å²) in [7, 11) is 1.67. The van der Waals surface area contributed by atoms with Crippen molar-refractivity contribution in [2.75, 3.05) is 38.3 Å². The molecule has 19 heavy (non-hydrogen) atoms. The van der Waals surface area contributed by atoms with Crippen LogP contribution in [0, 0.1) is 0 Å². The lowest BCUT2D eigenvalue weighted by Gasteiger charge is -2.38. The van der Waals surface area contributed by atoms with Gasteiger partial charge in [0.2, 0.25) is 5.13 Å². The van der Waals surface area contributed by atoms with E-state index < -0.39 is 5.79 Å². The standard InChI is InChI=1S/C12H19N3O3S/c1-9(16-2)10-13-11(19-14-10)15-5-3-4-12(8-15)17-6-7-18-12/h9H,3-8H2,1-2H3. The minimum Gasteiger partial charge on any atom is -0.374 e. The lowest BCUT2D eigenvalue weighted by molar-refractivity contribution is -0.161. The summed E-state index contributed by atoms with van der Waals surface area (Å²) < 4.78 is 21.2. The second kappa shape index (κ2) is 5.32. The summed E-state index contributed by atoms with van der Waals surface area (Å²) in [6, 6.07) is 0. The zero-order valence-corrected chi connectivity index (χ0v) is 12.1. The summed E-state index contributed by atoms with van der Waals surface area (Å²) in [4.78, 5) is 6.76. The van der Waals surface area contributed by atoms with Crippen LogP contribution >= 0.6 is 11.5 Å². The Kier molecular flexibility index (Phi) is 3.70. The van der Waals surface area contributed by atoms with Crippen LogP contribution in [0.3, 0.4) is 0 Å². The lowest BCUT2D eigenvalue weighted by atomic mass is 10.1. The molecule has 1 aromatic rings. The van der Waals surface area contributed by atoms with E-state index >= 15 is 0 Å². The van der Waals surface area contributed by atoms with E-state index in [9.17, 15) is 0 Å². The van der Waals surface area contributed by atoms with Crippen LogP contribution in [0.25, 0.3) is 0 Å². The number of hydrogen-bond acceptors (Lipinski definition) is 7. The number of rotatable bonds is 3. The molecule has 1 spiro atoms. The van der Waals surface area contributed by atoms with Gasteiger partial charge < -0.3 is 19.1 Å². The molecule has 7 heteroatoms. The van der Waals surface area contributed by atoms with Crippen molar-refractivity contribution in [1.29, 1.82) is 0 Å². The molecule has 0 amide bonds. The smallest absolute Gasteiger partial charge is 0.205 e. The molecule has 0 N–H and O–H groups in total. The van der Waals surface area contributed by atoms with Gasteiger partial charge in [-0.1, -0.05) is 0 Å². The van der Waals surface area contributed by atoms with Crippen molar-refractivity contribution in [3.05, 3.63) is 5.82 Å². The van der Waals surface area contributed by atoms with E-state index in [0.29, 0.717) is 13.2 Å². The maximum absolute atomic E-state index is 5.78. The van der Waals surface area contributed by atoms with Gasteiger partial charge in [-0.3, -0.25) is 0 Å². The zero-order chi connectivity index (χ0) is 13.3. The van der Waals surface area contributed by atoms with Gasteiger partial charge in [0.1, 0.15) is 6.10 Å². The van der Waals surface area contributed by atoms with Crippen molar-refractivity contribution >= 4 is 16.7 Å². The minimum atomic E-state index is -0.420. The molecule has 3 rings (SSSR count). The predicted molar refractivity (Wildman–Crippen MR) is 71.4 cm³/mol. The third-order valence-corrected chi connectivity index (χ3v) is 4.44. The van der Waals surface area contributed by atoms with Crippen molar-refractivity contribution in [1.82, 2.24) is 9.36 Å². The predicted octanol–water partition coefficient (Wildman–Crippen LogP) is 1.59. The molecular formula is C12H19N3O3S. The summed E-state index contributed by atoms with van der Waals surface area (Å²) in [6.45, 7) is 5.05. The van der Waals surface area contributed by atoms with E-state index in [-0.39, 0.29) is 6.10 Å². The molecule has 2 fully saturated rings. The average molecular weight is 285 g/mol. The summed E-state index contributed by atoms with van der Waals surface area (Å²) in [5.41, 5.74) is 0. The van der Waals surface area contributed by atoms with Crippen LogP contribution in [0.2, 0.25) is 0 Å². The van der Waals surface area contributed by atoms with E-state index in [4.69, 9.17) is 14.2 Å². The quantitative estimate of drug-likeness (QED) is 0.840. The fraction of sp³-hybridized carbons (Fsp3) is 0.833. The molecule has 0 aliphatic carbocycles. The van der Waals surface area contributed by atoms with E-state index in [0.717, 1.165) is 36.9 Å². The van der Waals surface area contributed by atoms with Crippen LogP contribution in [0.5, 0.6) is 0 Å². The maximum Gasteiger partial charge on any atom is 0.205 e. The van der Waals surface area contributed by atoms with Gasteiger partial charge in [-0.05, 0) is 13.3 Å². The Morgan fingerprint density at radius 2 is 2.21 bits per heavy atom. The topological polar surface area (TPSA) is 56.7 Å². The van der Waals surface area contributed by atoms with E-state index in [1.165, 1.54) is 11.5 Å². The van der Waals surface area contributed by atoms with Gasteiger partial charge >= 0.3 is 0 Å². The molecule has 1 unspecified atom stereocenters. The van der Waals surface area contributed by atoms with Gasteiger partial charge in [0.25, 0.3) is 0 Å². The fourth-order valence-electron chi connectivity index (χ4n) is 2.51. The summed E-state index contributed by atoms with van der Waals surface area (Å²) in [6.07, 6.45) is 1.95. The highest BCUT2D eigenvalue weighted by Gasteiger charge is 2.41. The van der Waals surface area contributed by atoms with Crippen molar-refractivity contribution < 1.29 is 14.2 Å². The normalized spacial score (nSPS) is 24.0. The highest BCUT2D eigenvalue weighted by Crippen LogP contribution is 2.33. The molecule has 0 saturated carbocycles. The molecule has 1 aromatic heterocycles. The van der Waals surface area contributed by atoms with Crippen molar-refractivity contribution in [2.45, 2.75) is 31.7 Å². The first-order valence-corrected chi connectivity index (χ1v) is 7.39. The van der Waals surface area contributed by atoms with E-state index in [1.807, 2.05) is 6.92 Å². The van der Waals surface area contributed by atoms with Crippen LogP contribution in [-0.4, -0.2) is 48.6 Å². The third kappa shape index (κ3) is 2.60. The molecule has 0 radical (unpaired) electrons. The lowest BCUT2D eigenvalue weighted by Crippen LogP contribution is -2.49. The second-order valence-electron chi connectivity index (χ2n) is 4.95. The van der Waals surface area contributed by atoms with Crippen molar-refractivity contribution in [3.63, 3.8) is 0 Å². The largest absolute Gasteiger partial charge is 0.374 e. The van der Waals surface area contributed by atoms with Gasteiger partial charge in [0.05, 0.1) is 19.8 Å². The number of piperidine rings is 1. The SMILES string of the molecule is COC(C)c1nsc(N2CCCC3(C2)OCCO3)n1.